The van der Waals surface area contributed by atoms with E-state index in [4.69, 9.17) is 9.57 Å². The Morgan fingerprint density at radius 3 is 2.65 bits per heavy atom. The van der Waals surface area contributed by atoms with Crippen molar-refractivity contribution in [3.05, 3.63) is 35.0 Å². The lowest BCUT2D eigenvalue weighted by molar-refractivity contribution is -0.151. The Morgan fingerprint density at radius 2 is 2.00 bits per heavy atom. The Kier molecular flexibility index (Phi) is 4.66. The van der Waals surface area contributed by atoms with Crippen molar-refractivity contribution >= 4 is 23.0 Å². The molecule has 0 saturated carbocycles. The molecule has 1 aromatic heterocycles. The minimum atomic E-state index is -0.877. The highest BCUT2D eigenvalue weighted by molar-refractivity contribution is 5.87. The molecule has 7 heteroatoms. The zero-order chi connectivity index (χ0) is 19.1. The van der Waals surface area contributed by atoms with Crippen LogP contribution in [0.5, 0.6) is 0 Å². The van der Waals surface area contributed by atoms with E-state index in [1.807, 2.05) is 29.7 Å². The summed E-state index contributed by atoms with van der Waals surface area (Å²) in [4.78, 5) is 28.6. The largest absolute Gasteiger partial charge is 0.528 e. The highest BCUT2D eigenvalue weighted by Crippen LogP contribution is 2.32. The lowest BCUT2D eigenvalue weighted by Gasteiger charge is -2.27. The molecule has 1 N–H and O–H groups in total. The van der Waals surface area contributed by atoms with Gasteiger partial charge in [-0.2, -0.15) is 0 Å². The zero-order valence-corrected chi connectivity index (χ0v) is 15.5. The van der Waals surface area contributed by atoms with Crippen LogP contribution in [0.25, 0.3) is 10.9 Å². The Labute approximate surface area is 152 Å². The topological polar surface area (TPSA) is 81.0 Å². The van der Waals surface area contributed by atoms with Gasteiger partial charge in [-0.15, -0.1) is 5.06 Å². The van der Waals surface area contributed by atoms with Crippen molar-refractivity contribution in [1.82, 2.24) is 9.63 Å². The zero-order valence-electron chi connectivity index (χ0n) is 15.5. The van der Waals surface area contributed by atoms with Crippen molar-refractivity contribution in [2.45, 2.75) is 52.8 Å². The van der Waals surface area contributed by atoms with E-state index in [0.717, 1.165) is 27.7 Å². The normalized spacial score (nSPS) is 14.9. The summed E-state index contributed by atoms with van der Waals surface area (Å²) in [5.41, 5.74) is 3.35. The SMILES string of the molecule is Cc1ccc2c(c1)c1c(n2CC(=O)O)CCN(OC(=O)OC(C)(C)C)C1. The second-order valence-electron chi connectivity index (χ2n) is 7.59. The fraction of sp³-hybridized carbons (Fsp3) is 0.474. The predicted molar refractivity (Wildman–Crippen MR) is 95.7 cm³/mol. The first kappa shape index (κ1) is 18.3. The lowest BCUT2D eigenvalue weighted by atomic mass is 10.0. The summed E-state index contributed by atoms with van der Waals surface area (Å²) in [7, 11) is 0. The number of benzene rings is 1. The first-order valence-electron chi connectivity index (χ1n) is 8.62. The van der Waals surface area contributed by atoms with Crippen LogP contribution in [0, 0.1) is 6.92 Å². The van der Waals surface area contributed by atoms with Gasteiger partial charge in [-0.1, -0.05) is 11.6 Å². The summed E-state index contributed by atoms with van der Waals surface area (Å²) in [5, 5.41) is 11.8. The summed E-state index contributed by atoms with van der Waals surface area (Å²) in [5.74, 6) is -0.877. The molecular weight excluding hydrogens is 336 g/mol. The number of aryl methyl sites for hydroxylation is 1. The number of nitrogens with zero attached hydrogens (tertiary/aromatic N) is 2. The average Bonchev–Trinajstić information content (AvgIpc) is 2.78. The molecule has 1 aromatic carbocycles. The molecule has 0 unspecified atom stereocenters. The minimum Gasteiger partial charge on any atom is -0.480 e. The van der Waals surface area contributed by atoms with Gasteiger partial charge >= 0.3 is 12.1 Å². The number of aliphatic carboxylic acids is 1. The number of carbonyl (C=O) groups excluding carboxylic acids is 1. The molecule has 0 amide bonds. The molecule has 0 saturated heterocycles. The van der Waals surface area contributed by atoms with Gasteiger partial charge in [-0.25, -0.2) is 4.79 Å². The summed E-state index contributed by atoms with van der Waals surface area (Å²) in [6.45, 7) is 8.16. The number of carboxylic acid groups (broad SMARTS) is 1. The minimum absolute atomic E-state index is 0.0815. The monoisotopic (exact) mass is 360 g/mol. The van der Waals surface area contributed by atoms with Crippen molar-refractivity contribution in [3.8, 4) is 0 Å². The summed E-state index contributed by atoms with van der Waals surface area (Å²) in [6.07, 6.45) is -0.134. The van der Waals surface area contributed by atoms with Crippen molar-refractivity contribution in [1.29, 1.82) is 0 Å². The van der Waals surface area contributed by atoms with Gasteiger partial charge < -0.3 is 19.2 Å². The summed E-state index contributed by atoms with van der Waals surface area (Å²) >= 11 is 0. The molecule has 0 fully saturated rings. The lowest BCUT2D eigenvalue weighted by Crippen LogP contribution is -2.36. The van der Waals surface area contributed by atoms with E-state index >= 15 is 0 Å². The van der Waals surface area contributed by atoms with E-state index in [-0.39, 0.29) is 6.54 Å². The number of hydroxylamine groups is 2. The van der Waals surface area contributed by atoms with E-state index in [9.17, 15) is 14.7 Å². The van der Waals surface area contributed by atoms with E-state index in [1.165, 1.54) is 0 Å². The number of hydrogen-bond donors (Lipinski definition) is 1. The first-order valence-corrected chi connectivity index (χ1v) is 8.62. The van der Waals surface area contributed by atoms with Gasteiger partial charge in [-0.3, -0.25) is 4.79 Å². The number of carboxylic acids is 1. The summed E-state index contributed by atoms with van der Waals surface area (Å²) in [6, 6.07) is 5.97. The molecule has 26 heavy (non-hydrogen) atoms. The fourth-order valence-corrected chi connectivity index (χ4v) is 3.31. The van der Waals surface area contributed by atoms with Crippen LogP contribution in [-0.2, 0) is 33.9 Å². The molecule has 0 bridgehead atoms. The number of rotatable bonds is 3. The van der Waals surface area contributed by atoms with Crippen molar-refractivity contribution in [3.63, 3.8) is 0 Å². The van der Waals surface area contributed by atoms with Crippen LogP contribution < -0.4 is 0 Å². The van der Waals surface area contributed by atoms with Crippen LogP contribution in [0.2, 0.25) is 0 Å². The number of fused-ring (bicyclic) bond motifs is 3. The van der Waals surface area contributed by atoms with Crippen molar-refractivity contribution < 1.29 is 24.3 Å². The number of carbonyl (C=O) groups is 2. The highest BCUT2D eigenvalue weighted by Gasteiger charge is 2.28. The summed E-state index contributed by atoms with van der Waals surface area (Å²) < 4.78 is 7.05. The van der Waals surface area contributed by atoms with Gasteiger partial charge in [0, 0.05) is 29.6 Å². The molecule has 140 valence electrons. The van der Waals surface area contributed by atoms with Crippen LogP contribution in [-0.4, -0.2) is 39.0 Å². The molecule has 0 radical (unpaired) electrons. The van der Waals surface area contributed by atoms with Crippen LogP contribution >= 0.6 is 0 Å². The smallest absolute Gasteiger partial charge is 0.480 e. The Bertz CT molecular complexity index is 863. The van der Waals surface area contributed by atoms with E-state index in [0.29, 0.717) is 19.5 Å². The Hall–Kier alpha value is -2.54. The molecule has 1 aliphatic heterocycles. The average molecular weight is 360 g/mol. The van der Waals surface area contributed by atoms with Gasteiger partial charge in [0.15, 0.2) is 0 Å². The third-order valence-electron chi connectivity index (χ3n) is 4.26. The fourth-order valence-electron chi connectivity index (χ4n) is 3.31. The first-order chi connectivity index (χ1) is 12.1. The predicted octanol–water partition coefficient (Wildman–Crippen LogP) is 3.26. The number of aromatic nitrogens is 1. The van der Waals surface area contributed by atoms with Gasteiger partial charge in [0.1, 0.15) is 12.1 Å². The molecule has 0 aliphatic carbocycles. The Morgan fingerprint density at radius 1 is 1.27 bits per heavy atom. The molecular formula is C19H24N2O5. The van der Waals surface area contributed by atoms with Crippen LogP contribution in [0.1, 0.15) is 37.6 Å². The van der Waals surface area contributed by atoms with Crippen molar-refractivity contribution in [2.24, 2.45) is 0 Å². The molecule has 3 rings (SSSR count). The second kappa shape index (κ2) is 6.64. The maximum Gasteiger partial charge on any atom is 0.528 e. The number of hydrogen-bond acceptors (Lipinski definition) is 5. The molecule has 0 atom stereocenters. The maximum absolute atomic E-state index is 11.9. The molecule has 7 nitrogen and oxygen atoms in total. The Balaban J connectivity index is 1.90. The van der Waals surface area contributed by atoms with Gasteiger partial charge in [0.2, 0.25) is 0 Å². The molecule has 2 heterocycles. The van der Waals surface area contributed by atoms with Crippen LogP contribution in [0.15, 0.2) is 18.2 Å². The van der Waals surface area contributed by atoms with Gasteiger partial charge in [0.05, 0.1) is 6.54 Å². The standard InChI is InChI=1S/C19H24N2O5/c1-12-5-6-15-13(9-12)14-10-20(26-18(24)25-19(2,3)4)8-7-16(14)21(15)11-17(22)23/h5-6,9H,7-8,10-11H2,1-4H3,(H,22,23). The van der Waals surface area contributed by atoms with Crippen LogP contribution in [0.4, 0.5) is 4.79 Å². The van der Waals surface area contributed by atoms with Gasteiger partial charge in [-0.05, 0) is 45.4 Å². The van der Waals surface area contributed by atoms with E-state index in [1.54, 1.807) is 25.8 Å². The van der Waals surface area contributed by atoms with Crippen molar-refractivity contribution in [2.75, 3.05) is 6.54 Å². The molecule has 2 aromatic rings. The third-order valence-corrected chi connectivity index (χ3v) is 4.26. The molecule has 0 spiro atoms. The van der Waals surface area contributed by atoms with Crippen LogP contribution in [0.3, 0.4) is 0 Å². The highest BCUT2D eigenvalue weighted by atomic mass is 16.8. The third kappa shape index (κ3) is 3.83. The van der Waals surface area contributed by atoms with E-state index in [2.05, 4.69) is 0 Å². The van der Waals surface area contributed by atoms with E-state index < -0.39 is 17.7 Å². The number of ether oxygens (including phenoxy) is 1. The van der Waals surface area contributed by atoms with Gasteiger partial charge in [0.25, 0.3) is 0 Å². The molecule has 1 aliphatic rings. The second-order valence-corrected chi connectivity index (χ2v) is 7.59. The quantitative estimate of drug-likeness (QED) is 0.846. The maximum atomic E-state index is 11.9.